The van der Waals surface area contributed by atoms with Gasteiger partial charge < -0.3 is 5.32 Å². The van der Waals surface area contributed by atoms with E-state index in [4.69, 9.17) is 0 Å². The first-order valence-corrected chi connectivity index (χ1v) is 7.56. The fourth-order valence-corrected chi connectivity index (χ4v) is 2.92. The van der Waals surface area contributed by atoms with Crippen LogP contribution in [0.15, 0.2) is 18.2 Å². The minimum Gasteiger partial charge on any atom is -0.309 e. The van der Waals surface area contributed by atoms with Gasteiger partial charge >= 0.3 is 0 Å². The van der Waals surface area contributed by atoms with Crippen molar-refractivity contribution in [1.29, 1.82) is 0 Å². The van der Waals surface area contributed by atoms with Gasteiger partial charge in [0.25, 0.3) is 0 Å². The van der Waals surface area contributed by atoms with Crippen molar-refractivity contribution in [2.45, 2.75) is 25.8 Å². The lowest BCUT2D eigenvalue weighted by molar-refractivity contribution is 0.549. The minimum atomic E-state index is -0.711. The van der Waals surface area contributed by atoms with Crippen LogP contribution in [0.2, 0.25) is 0 Å². The molecule has 1 N–H and O–H groups in total. The van der Waals surface area contributed by atoms with E-state index in [1.165, 1.54) is 11.6 Å². The predicted octanol–water partition coefficient (Wildman–Crippen LogP) is 2.17. The van der Waals surface area contributed by atoms with E-state index < -0.39 is 10.8 Å². The number of hydrogen-bond acceptors (Lipinski definition) is 2. The number of hydrogen-bond donors (Lipinski definition) is 1. The summed E-state index contributed by atoms with van der Waals surface area (Å²) in [7, 11) is -0.711. The lowest BCUT2D eigenvalue weighted by Gasteiger charge is -2.13. The highest BCUT2D eigenvalue weighted by Gasteiger charge is 2.21. The second-order valence-corrected chi connectivity index (χ2v) is 6.19. The number of halogens is 1. The average molecular weight is 255 g/mol. The number of fused-ring (bicyclic) bond motifs is 1. The maximum absolute atomic E-state index is 13.0. The Hall–Kier alpha value is -0.740. The number of aryl methyl sites for hydroxylation is 1. The van der Waals surface area contributed by atoms with Gasteiger partial charge in [-0.3, -0.25) is 4.21 Å². The van der Waals surface area contributed by atoms with E-state index in [1.54, 1.807) is 6.07 Å². The Balaban J connectivity index is 1.91. The Morgan fingerprint density at radius 2 is 2.35 bits per heavy atom. The van der Waals surface area contributed by atoms with Crippen LogP contribution in [0.3, 0.4) is 0 Å². The highest BCUT2D eigenvalue weighted by atomic mass is 32.2. The van der Waals surface area contributed by atoms with Gasteiger partial charge in [0.05, 0.1) is 0 Å². The monoisotopic (exact) mass is 255 g/mol. The van der Waals surface area contributed by atoms with Crippen LogP contribution in [0.25, 0.3) is 0 Å². The Labute approximate surface area is 104 Å². The van der Waals surface area contributed by atoms with Crippen molar-refractivity contribution in [3.05, 3.63) is 35.1 Å². The molecule has 0 bridgehead atoms. The van der Waals surface area contributed by atoms with Crippen molar-refractivity contribution in [2.75, 3.05) is 18.1 Å². The molecule has 0 amide bonds. The van der Waals surface area contributed by atoms with Gasteiger partial charge in [0.2, 0.25) is 0 Å². The highest BCUT2D eigenvalue weighted by Crippen LogP contribution is 2.31. The van der Waals surface area contributed by atoms with E-state index in [9.17, 15) is 8.60 Å². The SMILES string of the molecule is CCS(=O)CCNC1CCc2cc(F)ccc21. The molecule has 1 aliphatic carbocycles. The van der Waals surface area contributed by atoms with Crippen molar-refractivity contribution in [2.24, 2.45) is 0 Å². The number of nitrogens with one attached hydrogen (secondary N) is 1. The Morgan fingerprint density at radius 1 is 1.53 bits per heavy atom. The summed E-state index contributed by atoms with van der Waals surface area (Å²) < 4.78 is 24.3. The fraction of sp³-hybridized carbons (Fsp3) is 0.538. The van der Waals surface area contributed by atoms with Crippen LogP contribution in [0, 0.1) is 5.82 Å². The largest absolute Gasteiger partial charge is 0.309 e. The third kappa shape index (κ3) is 3.13. The molecule has 0 heterocycles. The zero-order valence-electron chi connectivity index (χ0n) is 10.0. The van der Waals surface area contributed by atoms with Crippen LogP contribution in [0.4, 0.5) is 4.39 Å². The molecule has 0 fully saturated rings. The summed E-state index contributed by atoms with van der Waals surface area (Å²) in [5.74, 6) is 1.26. The summed E-state index contributed by atoms with van der Waals surface area (Å²) in [5, 5.41) is 3.41. The maximum atomic E-state index is 13.0. The van der Waals surface area contributed by atoms with E-state index >= 15 is 0 Å². The lowest BCUT2D eigenvalue weighted by Crippen LogP contribution is -2.24. The van der Waals surface area contributed by atoms with E-state index in [0.29, 0.717) is 17.5 Å². The Morgan fingerprint density at radius 3 is 3.12 bits per heavy atom. The van der Waals surface area contributed by atoms with E-state index in [1.807, 2.05) is 13.0 Å². The summed E-state index contributed by atoms with van der Waals surface area (Å²) in [6, 6.07) is 5.32. The zero-order valence-corrected chi connectivity index (χ0v) is 10.9. The van der Waals surface area contributed by atoms with Crippen LogP contribution >= 0.6 is 0 Å². The summed E-state index contributed by atoms with van der Waals surface area (Å²) in [6.07, 6.45) is 1.94. The van der Waals surface area contributed by atoms with Gasteiger partial charge in [-0.15, -0.1) is 0 Å². The molecule has 2 atom stereocenters. The molecule has 0 spiro atoms. The molecule has 0 saturated carbocycles. The number of rotatable bonds is 5. The third-order valence-electron chi connectivity index (χ3n) is 3.23. The lowest BCUT2D eigenvalue weighted by atomic mass is 10.1. The fourth-order valence-electron chi connectivity index (χ4n) is 2.29. The predicted molar refractivity (Wildman–Crippen MR) is 69.0 cm³/mol. The molecule has 0 aliphatic heterocycles. The second kappa shape index (κ2) is 5.74. The molecule has 2 rings (SSSR count). The summed E-state index contributed by atoms with van der Waals surface area (Å²) >= 11 is 0. The maximum Gasteiger partial charge on any atom is 0.123 e. The van der Waals surface area contributed by atoms with Crippen LogP contribution in [0.1, 0.15) is 30.5 Å². The zero-order chi connectivity index (χ0) is 12.3. The van der Waals surface area contributed by atoms with Gasteiger partial charge in [-0.2, -0.15) is 0 Å². The van der Waals surface area contributed by atoms with E-state index in [2.05, 4.69) is 5.32 Å². The van der Waals surface area contributed by atoms with Gasteiger partial charge in [-0.05, 0) is 36.1 Å². The molecular weight excluding hydrogens is 237 g/mol. The Kier molecular flexibility index (Phi) is 4.29. The van der Waals surface area contributed by atoms with Crippen LogP contribution in [-0.2, 0) is 17.2 Å². The smallest absolute Gasteiger partial charge is 0.123 e. The van der Waals surface area contributed by atoms with Crippen LogP contribution in [0.5, 0.6) is 0 Å². The summed E-state index contributed by atoms with van der Waals surface area (Å²) in [5.41, 5.74) is 2.31. The normalized spacial score (nSPS) is 20.2. The van der Waals surface area contributed by atoms with Crippen molar-refractivity contribution in [1.82, 2.24) is 5.32 Å². The summed E-state index contributed by atoms with van der Waals surface area (Å²) in [6.45, 7) is 2.70. The molecule has 94 valence electrons. The molecule has 1 aromatic carbocycles. The van der Waals surface area contributed by atoms with Crippen molar-refractivity contribution in [3.8, 4) is 0 Å². The Bertz CT molecular complexity index is 422. The first kappa shape index (κ1) is 12.7. The molecule has 0 radical (unpaired) electrons. The van der Waals surface area contributed by atoms with Gasteiger partial charge in [-0.1, -0.05) is 13.0 Å². The minimum absolute atomic E-state index is 0.156. The van der Waals surface area contributed by atoms with E-state index in [0.717, 1.165) is 24.9 Å². The topological polar surface area (TPSA) is 29.1 Å². The molecule has 2 nitrogen and oxygen atoms in total. The molecule has 0 aromatic heterocycles. The highest BCUT2D eigenvalue weighted by molar-refractivity contribution is 7.84. The molecule has 4 heteroatoms. The molecule has 1 aromatic rings. The first-order chi connectivity index (χ1) is 8.20. The first-order valence-electron chi connectivity index (χ1n) is 6.07. The van der Waals surface area contributed by atoms with Crippen molar-refractivity contribution < 1.29 is 8.60 Å². The second-order valence-electron chi connectivity index (χ2n) is 4.32. The van der Waals surface area contributed by atoms with Gasteiger partial charge in [0.15, 0.2) is 0 Å². The third-order valence-corrected chi connectivity index (χ3v) is 4.53. The molecule has 17 heavy (non-hydrogen) atoms. The number of benzene rings is 1. The summed E-state index contributed by atoms with van der Waals surface area (Å²) in [4.78, 5) is 0. The molecule has 0 saturated heterocycles. The molecule has 1 aliphatic rings. The van der Waals surface area contributed by atoms with Crippen LogP contribution in [-0.4, -0.2) is 22.3 Å². The average Bonchev–Trinajstić information content (AvgIpc) is 2.71. The quantitative estimate of drug-likeness (QED) is 0.873. The van der Waals surface area contributed by atoms with E-state index in [-0.39, 0.29) is 5.82 Å². The van der Waals surface area contributed by atoms with Gasteiger partial charge in [0, 0.05) is 34.9 Å². The van der Waals surface area contributed by atoms with Gasteiger partial charge in [0.1, 0.15) is 5.82 Å². The molecule has 2 unspecified atom stereocenters. The van der Waals surface area contributed by atoms with Crippen LogP contribution < -0.4 is 5.32 Å². The van der Waals surface area contributed by atoms with Gasteiger partial charge in [-0.25, -0.2) is 4.39 Å². The standard InChI is InChI=1S/C13H18FNOS/c1-2-17(16)8-7-15-13-6-3-10-9-11(14)4-5-12(10)13/h4-5,9,13,15H,2-3,6-8H2,1H3. The van der Waals surface area contributed by atoms with Crippen molar-refractivity contribution in [3.63, 3.8) is 0 Å². The molecular formula is C13H18FNOS. The van der Waals surface area contributed by atoms with Crippen molar-refractivity contribution >= 4 is 10.8 Å².